The number of amides is 1. The van der Waals surface area contributed by atoms with Crippen molar-refractivity contribution in [2.24, 2.45) is 0 Å². The molecular weight excluding hydrogens is 320 g/mol. The van der Waals surface area contributed by atoms with E-state index < -0.39 is 10.0 Å². The third-order valence-corrected chi connectivity index (χ3v) is 6.25. The first-order valence-electron chi connectivity index (χ1n) is 7.33. The molecule has 1 heterocycles. The van der Waals surface area contributed by atoms with Crippen molar-refractivity contribution in [1.29, 1.82) is 0 Å². The zero-order valence-corrected chi connectivity index (χ0v) is 14.5. The summed E-state index contributed by atoms with van der Waals surface area (Å²) < 4.78 is 27.4. The van der Waals surface area contributed by atoms with Crippen LogP contribution in [0.4, 0.5) is 0 Å². The highest BCUT2D eigenvalue weighted by Gasteiger charge is 2.29. The molecule has 0 radical (unpaired) electrons. The first-order chi connectivity index (χ1) is 10.4. The molecule has 1 aromatic carbocycles. The summed E-state index contributed by atoms with van der Waals surface area (Å²) >= 11 is 1.51. The highest BCUT2D eigenvalue weighted by Crippen LogP contribution is 2.17. The molecule has 1 aliphatic heterocycles. The van der Waals surface area contributed by atoms with Gasteiger partial charge in [0.25, 0.3) is 0 Å². The van der Waals surface area contributed by atoms with Crippen LogP contribution in [-0.2, 0) is 14.8 Å². The molecule has 5 nitrogen and oxygen atoms in total. The van der Waals surface area contributed by atoms with E-state index in [1.807, 2.05) is 13.2 Å². The molecule has 7 heteroatoms. The van der Waals surface area contributed by atoms with Crippen LogP contribution in [0.3, 0.4) is 0 Å². The lowest BCUT2D eigenvalue weighted by molar-refractivity contribution is -0.131. The Balaban J connectivity index is 2.03. The van der Waals surface area contributed by atoms with Crippen LogP contribution in [0.1, 0.15) is 19.8 Å². The molecule has 22 heavy (non-hydrogen) atoms. The number of hydrogen-bond acceptors (Lipinski definition) is 4. The third-order valence-electron chi connectivity index (χ3n) is 3.81. The van der Waals surface area contributed by atoms with E-state index in [0.717, 1.165) is 12.8 Å². The summed E-state index contributed by atoms with van der Waals surface area (Å²) in [7, 11) is -3.53. The minimum atomic E-state index is -3.53. The van der Waals surface area contributed by atoms with Crippen molar-refractivity contribution in [3.05, 3.63) is 30.3 Å². The number of carbonyl (C=O) groups excluding carboxylic acids is 1. The molecule has 0 spiro atoms. The van der Waals surface area contributed by atoms with Crippen molar-refractivity contribution in [2.45, 2.75) is 36.0 Å². The smallest absolute Gasteiger partial charge is 0.240 e. The molecule has 0 aliphatic carbocycles. The number of rotatable bonds is 5. The van der Waals surface area contributed by atoms with Gasteiger partial charge in [0, 0.05) is 19.1 Å². The van der Waals surface area contributed by atoms with E-state index in [-0.39, 0.29) is 22.1 Å². The van der Waals surface area contributed by atoms with Gasteiger partial charge in [-0.2, -0.15) is 11.8 Å². The Hall–Kier alpha value is -1.05. The number of nitrogens with zero attached hydrogens (tertiary/aromatic N) is 1. The zero-order chi connectivity index (χ0) is 16.2. The number of nitrogens with one attached hydrogen (secondary N) is 1. The second kappa shape index (κ2) is 7.48. The molecule has 1 fully saturated rings. The Morgan fingerprint density at radius 3 is 2.68 bits per heavy atom. The fourth-order valence-electron chi connectivity index (χ4n) is 2.52. The lowest BCUT2D eigenvalue weighted by atomic mass is 10.1. The van der Waals surface area contributed by atoms with Crippen LogP contribution >= 0.6 is 11.8 Å². The molecule has 1 aliphatic rings. The predicted octanol–water partition coefficient (Wildman–Crippen LogP) is 1.71. The van der Waals surface area contributed by atoms with Gasteiger partial charge < -0.3 is 4.90 Å². The van der Waals surface area contributed by atoms with E-state index in [1.54, 1.807) is 35.2 Å². The summed E-state index contributed by atoms with van der Waals surface area (Å²) in [5, 5.41) is -0.0931. The molecule has 0 aromatic heterocycles. The van der Waals surface area contributed by atoms with E-state index in [0.29, 0.717) is 13.1 Å². The van der Waals surface area contributed by atoms with Gasteiger partial charge in [-0.1, -0.05) is 18.2 Å². The lowest BCUT2D eigenvalue weighted by Crippen LogP contribution is -2.51. The summed E-state index contributed by atoms with van der Waals surface area (Å²) in [6.45, 7) is 3.02. The normalized spacial score (nSPS) is 20.6. The molecule has 0 bridgehead atoms. The maximum absolute atomic E-state index is 12.3. The van der Waals surface area contributed by atoms with Crippen molar-refractivity contribution >= 4 is 27.7 Å². The first-order valence-corrected chi connectivity index (χ1v) is 10.1. The average molecular weight is 342 g/mol. The van der Waals surface area contributed by atoms with Crippen molar-refractivity contribution in [2.75, 3.05) is 19.3 Å². The molecule has 2 rings (SSSR count). The predicted molar refractivity (Wildman–Crippen MR) is 89.3 cm³/mol. The third kappa shape index (κ3) is 4.24. The monoisotopic (exact) mass is 342 g/mol. The van der Waals surface area contributed by atoms with E-state index in [1.165, 1.54) is 11.8 Å². The molecule has 122 valence electrons. The van der Waals surface area contributed by atoms with Crippen molar-refractivity contribution in [3.63, 3.8) is 0 Å². The van der Waals surface area contributed by atoms with Crippen LogP contribution in [0, 0.1) is 0 Å². The van der Waals surface area contributed by atoms with Crippen molar-refractivity contribution < 1.29 is 13.2 Å². The Morgan fingerprint density at radius 1 is 1.36 bits per heavy atom. The minimum absolute atomic E-state index is 0.0797. The Bertz CT molecular complexity index is 604. The highest BCUT2D eigenvalue weighted by atomic mass is 32.2. The molecule has 1 aromatic rings. The number of thioether (sulfide) groups is 1. The molecule has 1 N–H and O–H groups in total. The Morgan fingerprint density at radius 2 is 2.05 bits per heavy atom. The summed E-state index contributed by atoms with van der Waals surface area (Å²) in [6.07, 6.45) is 3.47. The molecule has 0 unspecified atom stereocenters. The van der Waals surface area contributed by atoms with Crippen LogP contribution in [-0.4, -0.2) is 49.9 Å². The Kier molecular flexibility index (Phi) is 5.88. The van der Waals surface area contributed by atoms with Crippen molar-refractivity contribution in [1.82, 2.24) is 9.62 Å². The van der Waals surface area contributed by atoms with Crippen LogP contribution in [0.15, 0.2) is 35.2 Å². The number of benzene rings is 1. The molecule has 1 saturated heterocycles. The average Bonchev–Trinajstić information content (AvgIpc) is 2.54. The van der Waals surface area contributed by atoms with Gasteiger partial charge in [-0.3, -0.25) is 4.79 Å². The van der Waals surface area contributed by atoms with E-state index in [2.05, 4.69) is 4.72 Å². The molecular formula is C15H22N2O3S2. The lowest BCUT2D eigenvalue weighted by Gasteiger charge is -2.34. The van der Waals surface area contributed by atoms with Gasteiger partial charge in [0.15, 0.2) is 0 Å². The second-order valence-electron chi connectivity index (χ2n) is 5.44. The van der Waals surface area contributed by atoms with Crippen LogP contribution in [0.2, 0.25) is 0 Å². The van der Waals surface area contributed by atoms with E-state index >= 15 is 0 Å². The molecule has 0 saturated carbocycles. The minimum Gasteiger partial charge on any atom is -0.340 e. The van der Waals surface area contributed by atoms with Gasteiger partial charge in [-0.05, 0) is 38.2 Å². The highest BCUT2D eigenvalue weighted by molar-refractivity contribution is 7.99. The maximum atomic E-state index is 12.3. The van der Waals surface area contributed by atoms with Crippen LogP contribution in [0.25, 0.3) is 0 Å². The first kappa shape index (κ1) is 17.3. The number of piperidine rings is 1. The van der Waals surface area contributed by atoms with Gasteiger partial charge in [0.05, 0.1) is 10.1 Å². The molecule has 2 atom stereocenters. The van der Waals surface area contributed by atoms with Gasteiger partial charge in [0.1, 0.15) is 0 Å². The van der Waals surface area contributed by atoms with Gasteiger partial charge in [-0.15, -0.1) is 0 Å². The quantitative estimate of drug-likeness (QED) is 0.885. The summed E-state index contributed by atoms with van der Waals surface area (Å²) in [5.74, 6) is 0.0797. The van der Waals surface area contributed by atoms with Crippen molar-refractivity contribution in [3.8, 4) is 0 Å². The summed E-state index contributed by atoms with van der Waals surface area (Å²) in [6, 6.07) is 8.10. The fraction of sp³-hybridized carbons (Fsp3) is 0.533. The fourth-order valence-corrected chi connectivity index (χ4v) is 4.15. The zero-order valence-electron chi connectivity index (χ0n) is 12.9. The number of likely N-dealkylation sites (tertiary alicyclic amines) is 1. The van der Waals surface area contributed by atoms with Crippen LogP contribution in [0.5, 0.6) is 0 Å². The summed E-state index contributed by atoms with van der Waals surface area (Å²) in [5.41, 5.74) is 0. The maximum Gasteiger partial charge on any atom is 0.240 e. The van der Waals surface area contributed by atoms with E-state index in [4.69, 9.17) is 0 Å². The summed E-state index contributed by atoms with van der Waals surface area (Å²) in [4.78, 5) is 14.3. The largest absolute Gasteiger partial charge is 0.340 e. The van der Waals surface area contributed by atoms with Gasteiger partial charge in [0.2, 0.25) is 15.9 Å². The Labute approximate surface area is 136 Å². The van der Waals surface area contributed by atoms with Crippen LogP contribution < -0.4 is 4.72 Å². The number of sulfonamides is 1. The number of carbonyl (C=O) groups is 1. The SMILES string of the molecule is CS[C@@H](C)C(=O)N1CCC[C@@H](NS(=O)(=O)c2ccccc2)C1. The molecule has 1 amide bonds. The number of hydrogen-bond donors (Lipinski definition) is 1. The van der Waals surface area contributed by atoms with Gasteiger partial charge >= 0.3 is 0 Å². The topological polar surface area (TPSA) is 66.5 Å². The van der Waals surface area contributed by atoms with E-state index in [9.17, 15) is 13.2 Å². The standard InChI is InChI=1S/C15H22N2O3S2/c1-12(21-2)15(18)17-10-6-7-13(11-17)16-22(19,20)14-8-4-3-5-9-14/h3-5,8-9,12-13,16H,6-7,10-11H2,1-2H3/t12-,13+/m0/s1. The van der Waals surface area contributed by atoms with Gasteiger partial charge in [-0.25, -0.2) is 13.1 Å². The second-order valence-corrected chi connectivity index (χ2v) is 8.33.